The third kappa shape index (κ3) is 1.64. The number of nitro groups is 1. The highest BCUT2D eigenvalue weighted by atomic mass is 16.6. The van der Waals surface area contributed by atoms with Gasteiger partial charge in [-0.05, 0) is 11.0 Å². The Hall–Kier alpha value is -1.65. The van der Waals surface area contributed by atoms with Crippen molar-refractivity contribution in [2.45, 2.75) is 0 Å². The second-order valence-electron chi connectivity index (χ2n) is 1.69. The first-order chi connectivity index (χ1) is 6.38. The molecule has 5 nitrogen and oxygen atoms in total. The number of hydrogen-bond acceptors (Lipinski definition) is 4. The van der Waals surface area contributed by atoms with Gasteiger partial charge in [-0.1, -0.05) is 0 Å². The van der Waals surface area contributed by atoms with Gasteiger partial charge >= 0.3 is 11.7 Å². The zero-order valence-electron chi connectivity index (χ0n) is 8.35. The highest BCUT2D eigenvalue weighted by Gasteiger charge is 2.07. The van der Waals surface area contributed by atoms with Crippen LogP contribution in [0.4, 0.5) is 5.82 Å². The maximum absolute atomic E-state index is 10.3. The molecule has 0 fully saturated rings. The van der Waals surface area contributed by atoms with E-state index in [9.17, 15) is 10.1 Å². The fraction of sp³-hybridized carbons (Fsp3) is 0.167. The lowest BCUT2D eigenvalue weighted by Gasteiger charge is -1.92. The number of aromatic nitrogens is 1. The van der Waals surface area contributed by atoms with Gasteiger partial charge in [-0.25, -0.2) is 0 Å². The van der Waals surface area contributed by atoms with Crippen LogP contribution in [-0.2, 0) is 0 Å². The Kier molecular flexibility index (Phi) is 1.15. The Bertz CT molecular complexity index is 352. The maximum atomic E-state index is 10.3. The molecule has 0 N–H and O–H groups in total. The van der Waals surface area contributed by atoms with Crippen LogP contribution in [0.5, 0.6) is 5.88 Å². The lowest BCUT2D eigenvalue weighted by atomic mass is 10.4. The van der Waals surface area contributed by atoms with Gasteiger partial charge in [-0.3, -0.25) is 0 Å². The van der Waals surface area contributed by atoms with E-state index in [0.29, 0.717) is 0 Å². The third-order valence-electron chi connectivity index (χ3n) is 1.00. The summed E-state index contributed by atoms with van der Waals surface area (Å²) in [7, 11) is -2.65. The van der Waals surface area contributed by atoms with Crippen molar-refractivity contribution in [3.8, 4) is 5.88 Å². The summed E-state index contributed by atoms with van der Waals surface area (Å²) in [6, 6.07) is 3.68. The maximum Gasteiger partial charge on any atom is 0.367 e. The molecule has 58 valence electrons. The molecule has 1 heterocycles. The fourth-order valence-electron chi connectivity index (χ4n) is 0.562. The summed E-state index contributed by atoms with van der Waals surface area (Å²) in [6.45, 7) is 0. The normalized spacial score (nSPS) is 14.4. The quantitative estimate of drug-likeness (QED) is 0.474. The van der Waals surface area contributed by atoms with Crippen LogP contribution in [0, 0.1) is 10.1 Å². The molecular formula is C6H6N2O3. The van der Waals surface area contributed by atoms with E-state index in [1.54, 1.807) is 0 Å². The van der Waals surface area contributed by atoms with Gasteiger partial charge in [0.15, 0.2) is 0 Å². The standard InChI is InChI=1S/C6H6N2O3/c1-11-6-4-2-3-5(7-6)8(9)10/h2-4H,1H3/i1D3. The predicted octanol–water partition coefficient (Wildman–Crippen LogP) is 0.998. The van der Waals surface area contributed by atoms with Gasteiger partial charge in [0.2, 0.25) is 0 Å². The van der Waals surface area contributed by atoms with Gasteiger partial charge in [-0.15, -0.1) is 0 Å². The molecule has 0 radical (unpaired) electrons. The average molecular weight is 157 g/mol. The number of pyridine rings is 1. The zero-order chi connectivity index (χ0) is 10.8. The molecule has 0 amide bonds. The molecule has 1 aromatic rings. The Morgan fingerprint density at radius 1 is 1.82 bits per heavy atom. The van der Waals surface area contributed by atoms with Gasteiger partial charge in [0.25, 0.3) is 0 Å². The second-order valence-corrected chi connectivity index (χ2v) is 1.69. The van der Waals surface area contributed by atoms with Crippen LogP contribution in [0.1, 0.15) is 4.11 Å². The lowest BCUT2D eigenvalue weighted by Crippen LogP contribution is -1.93. The molecule has 0 bridgehead atoms. The monoisotopic (exact) mass is 157 g/mol. The van der Waals surface area contributed by atoms with E-state index in [2.05, 4.69) is 9.72 Å². The summed E-state index contributed by atoms with van der Waals surface area (Å²) in [5, 5.41) is 10.3. The van der Waals surface area contributed by atoms with Crippen molar-refractivity contribution in [3.05, 3.63) is 28.3 Å². The number of nitrogens with zero attached hydrogens (tertiary/aromatic N) is 2. The Labute approximate surface area is 67.0 Å². The largest absolute Gasteiger partial charge is 0.463 e. The van der Waals surface area contributed by atoms with Gasteiger partial charge in [0.05, 0.1) is 11.2 Å². The van der Waals surface area contributed by atoms with Crippen LogP contribution in [0.25, 0.3) is 0 Å². The summed E-state index contributed by atoms with van der Waals surface area (Å²) in [6.07, 6.45) is 0. The van der Waals surface area contributed by atoms with E-state index in [0.717, 1.165) is 6.07 Å². The topological polar surface area (TPSA) is 65.3 Å². The van der Waals surface area contributed by atoms with E-state index in [4.69, 9.17) is 4.11 Å². The summed E-state index contributed by atoms with van der Waals surface area (Å²) < 4.78 is 24.6. The van der Waals surface area contributed by atoms with Crippen LogP contribution >= 0.6 is 0 Å². The van der Waals surface area contributed by atoms with Crippen molar-refractivity contribution in [3.63, 3.8) is 0 Å². The molecule has 0 unspecified atom stereocenters. The molecule has 0 saturated carbocycles. The van der Waals surface area contributed by atoms with Gasteiger partial charge in [0, 0.05) is 17.1 Å². The number of rotatable bonds is 2. The van der Waals surface area contributed by atoms with Gasteiger partial charge in [-0.2, -0.15) is 0 Å². The van der Waals surface area contributed by atoms with Crippen LogP contribution < -0.4 is 4.74 Å². The minimum absolute atomic E-state index is 0.292. The van der Waals surface area contributed by atoms with E-state index in [1.807, 2.05) is 0 Å². The summed E-state index contributed by atoms with van der Waals surface area (Å²) >= 11 is 0. The highest BCUT2D eigenvalue weighted by molar-refractivity contribution is 5.24. The van der Waals surface area contributed by atoms with Crippen molar-refractivity contribution in [2.24, 2.45) is 0 Å². The smallest absolute Gasteiger partial charge is 0.367 e. The molecule has 0 spiro atoms. The second kappa shape index (κ2) is 2.96. The van der Waals surface area contributed by atoms with Crippen LogP contribution in [0.2, 0.25) is 0 Å². The van der Waals surface area contributed by atoms with Crippen molar-refractivity contribution >= 4 is 5.82 Å². The van der Waals surface area contributed by atoms with E-state index in [-0.39, 0.29) is 5.88 Å². The summed E-state index contributed by atoms with van der Waals surface area (Å²) in [4.78, 5) is 12.9. The minimum atomic E-state index is -2.65. The van der Waals surface area contributed by atoms with Crippen molar-refractivity contribution < 1.29 is 13.8 Å². The Balaban J connectivity index is 2.89. The number of ether oxygens (including phenoxy) is 1. The zero-order valence-corrected chi connectivity index (χ0v) is 5.35. The van der Waals surface area contributed by atoms with Crippen LogP contribution in [-0.4, -0.2) is 16.9 Å². The molecule has 0 aliphatic heterocycles. The van der Waals surface area contributed by atoms with Crippen molar-refractivity contribution in [1.82, 2.24) is 4.98 Å². The molecule has 0 aliphatic rings. The van der Waals surface area contributed by atoms with Gasteiger partial charge < -0.3 is 14.9 Å². The first-order valence-electron chi connectivity index (χ1n) is 4.19. The van der Waals surface area contributed by atoms with Crippen molar-refractivity contribution in [1.29, 1.82) is 0 Å². The van der Waals surface area contributed by atoms with E-state index >= 15 is 0 Å². The Morgan fingerprint density at radius 2 is 2.64 bits per heavy atom. The van der Waals surface area contributed by atoms with Crippen LogP contribution in [0.3, 0.4) is 0 Å². The van der Waals surface area contributed by atoms with E-state index < -0.39 is 17.8 Å². The lowest BCUT2D eigenvalue weighted by molar-refractivity contribution is -0.389. The summed E-state index contributed by atoms with van der Waals surface area (Å²) in [5.74, 6) is -0.744. The molecule has 11 heavy (non-hydrogen) atoms. The summed E-state index contributed by atoms with van der Waals surface area (Å²) in [5.41, 5.74) is 0. The molecule has 5 heteroatoms. The molecule has 0 atom stereocenters. The minimum Gasteiger partial charge on any atom is -0.463 e. The fourth-order valence-corrected chi connectivity index (χ4v) is 0.562. The molecule has 0 aromatic carbocycles. The highest BCUT2D eigenvalue weighted by Crippen LogP contribution is 2.11. The molecule has 1 aromatic heterocycles. The van der Waals surface area contributed by atoms with E-state index in [1.165, 1.54) is 12.1 Å². The molecule has 0 aliphatic carbocycles. The molecule has 0 saturated heterocycles. The van der Waals surface area contributed by atoms with Gasteiger partial charge in [0.1, 0.15) is 0 Å². The third-order valence-corrected chi connectivity index (χ3v) is 1.00. The first kappa shape index (κ1) is 4.27. The SMILES string of the molecule is [2H]C([2H])([2H])Oc1cccc([N+](=O)[O-])n1. The van der Waals surface area contributed by atoms with Crippen molar-refractivity contribution in [2.75, 3.05) is 7.04 Å². The number of hydrogen-bond donors (Lipinski definition) is 0. The molecule has 1 rings (SSSR count). The number of methoxy groups -OCH3 is 1. The molecular weight excluding hydrogens is 148 g/mol. The van der Waals surface area contributed by atoms with Crippen LogP contribution in [0.15, 0.2) is 18.2 Å². The first-order valence-corrected chi connectivity index (χ1v) is 2.69. The predicted molar refractivity (Wildman–Crippen MR) is 37.4 cm³/mol. The average Bonchev–Trinajstić information content (AvgIpc) is 2.01. The Morgan fingerprint density at radius 3 is 3.27 bits per heavy atom.